The summed E-state index contributed by atoms with van der Waals surface area (Å²) in [6.07, 6.45) is -2.66. The monoisotopic (exact) mass is 496 g/mol. The van der Waals surface area contributed by atoms with Crippen molar-refractivity contribution in [1.29, 1.82) is 0 Å². The molecular weight excluding hydrogens is 464 g/mol. The van der Waals surface area contributed by atoms with Gasteiger partial charge in [-0.3, -0.25) is 0 Å². The molecule has 0 amide bonds. The van der Waals surface area contributed by atoms with Crippen molar-refractivity contribution in [2.45, 2.75) is 69.8 Å². The van der Waals surface area contributed by atoms with Crippen molar-refractivity contribution in [2.24, 2.45) is 0 Å². The van der Waals surface area contributed by atoms with Gasteiger partial charge in [0.1, 0.15) is 24.4 Å². The van der Waals surface area contributed by atoms with E-state index in [2.05, 4.69) is 6.58 Å². The average Bonchev–Trinajstić information content (AvgIpc) is 3.39. The Morgan fingerprint density at radius 3 is 1.86 bits per heavy atom. The molecule has 0 unspecified atom stereocenters. The van der Waals surface area contributed by atoms with Crippen molar-refractivity contribution in [3.8, 4) is 0 Å². The molecule has 0 aromatic heterocycles. The van der Waals surface area contributed by atoms with Gasteiger partial charge in [-0.25, -0.2) is 9.59 Å². The zero-order valence-electron chi connectivity index (χ0n) is 20.9. The van der Waals surface area contributed by atoms with E-state index in [0.29, 0.717) is 11.1 Å². The van der Waals surface area contributed by atoms with Crippen LogP contribution >= 0.6 is 0 Å². The first-order chi connectivity index (χ1) is 17.1. The molecule has 5 atom stereocenters. The number of carbonyl (C=O) groups is 2. The molecule has 0 N–H and O–H groups in total. The minimum Gasteiger partial charge on any atom is -0.453 e. The van der Waals surface area contributed by atoms with Crippen LogP contribution in [-0.2, 0) is 28.4 Å². The van der Waals surface area contributed by atoms with Crippen molar-refractivity contribution in [2.75, 3.05) is 6.61 Å². The third kappa shape index (κ3) is 6.02. The Kier molecular flexibility index (Phi) is 7.61. The quantitative estimate of drug-likeness (QED) is 0.395. The lowest BCUT2D eigenvalue weighted by Gasteiger charge is -2.32. The van der Waals surface area contributed by atoms with Gasteiger partial charge >= 0.3 is 11.9 Å². The molecule has 8 heteroatoms. The normalized spacial score (nSPS) is 26.1. The summed E-state index contributed by atoms with van der Waals surface area (Å²) in [6.45, 7) is 11.1. The van der Waals surface area contributed by atoms with Gasteiger partial charge < -0.3 is 28.4 Å². The van der Waals surface area contributed by atoms with Crippen molar-refractivity contribution < 1.29 is 38.0 Å². The maximum atomic E-state index is 13.1. The number of carbonyl (C=O) groups excluding carboxylic acids is 2. The van der Waals surface area contributed by atoms with Crippen LogP contribution in [0, 0.1) is 0 Å². The summed E-state index contributed by atoms with van der Waals surface area (Å²) in [6, 6.07) is 17.3. The molecule has 36 heavy (non-hydrogen) atoms. The van der Waals surface area contributed by atoms with Crippen LogP contribution in [0.4, 0.5) is 0 Å². The van der Waals surface area contributed by atoms with E-state index in [-0.39, 0.29) is 6.61 Å². The standard InChI is InChI=1S/C28H32O8/c1-6-20(32-25(29)18-13-9-7-10-14-18)23-24(36-28(4,5)35-23)22(21-17-31-27(2,3)34-21)33-26(30)19-15-11-8-12-16-19/h6-16,20-24H,1,17H2,2-5H3/t20-,21-,22-,23-,24+/m1/s1. The van der Waals surface area contributed by atoms with Crippen molar-refractivity contribution in [1.82, 2.24) is 0 Å². The highest BCUT2D eigenvalue weighted by atomic mass is 16.8. The molecule has 2 aromatic carbocycles. The molecule has 0 radical (unpaired) electrons. The Morgan fingerprint density at radius 2 is 1.36 bits per heavy atom. The van der Waals surface area contributed by atoms with Gasteiger partial charge in [0, 0.05) is 0 Å². The van der Waals surface area contributed by atoms with E-state index in [1.54, 1.807) is 76.2 Å². The SMILES string of the molecule is C=C[C@@H](OC(=O)c1ccccc1)[C@H]1OC(C)(C)O[C@H]1[C@H](OC(=O)c1ccccc1)[C@H]1COC(C)(C)O1. The fourth-order valence-corrected chi connectivity index (χ4v) is 4.34. The molecule has 0 bridgehead atoms. The van der Waals surface area contributed by atoms with Crippen LogP contribution in [0.1, 0.15) is 48.4 Å². The minimum atomic E-state index is -1.05. The third-order valence-corrected chi connectivity index (χ3v) is 5.95. The van der Waals surface area contributed by atoms with Crippen LogP contribution in [0.5, 0.6) is 0 Å². The molecule has 2 aliphatic heterocycles. The largest absolute Gasteiger partial charge is 0.453 e. The minimum absolute atomic E-state index is 0.176. The number of hydrogen-bond donors (Lipinski definition) is 0. The zero-order valence-corrected chi connectivity index (χ0v) is 20.9. The summed E-state index contributed by atoms with van der Waals surface area (Å²) in [5.41, 5.74) is 0.770. The lowest BCUT2D eigenvalue weighted by molar-refractivity contribution is -0.179. The molecular formula is C28H32O8. The summed E-state index contributed by atoms with van der Waals surface area (Å²) in [5.74, 6) is -3.00. The number of ether oxygens (including phenoxy) is 6. The molecule has 8 nitrogen and oxygen atoms in total. The second-order valence-electron chi connectivity index (χ2n) is 9.64. The molecule has 2 saturated heterocycles. The summed E-state index contributed by atoms with van der Waals surface area (Å²) in [5, 5.41) is 0. The average molecular weight is 497 g/mol. The van der Waals surface area contributed by atoms with Crippen molar-refractivity contribution in [3.63, 3.8) is 0 Å². The van der Waals surface area contributed by atoms with E-state index >= 15 is 0 Å². The van der Waals surface area contributed by atoms with Crippen LogP contribution in [0.3, 0.4) is 0 Å². The molecule has 0 spiro atoms. The molecule has 2 aliphatic rings. The maximum absolute atomic E-state index is 13.1. The Labute approximate surface area is 211 Å². The van der Waals surface area contributed by atoms with E-state index in [1.807, 2.05) is 12.1 Å². The van der Waals surface area contributed by atoms with Crippen LogP contribution in [0.2, 0.25) is 0 Å². The third-order valence-electron chi connectivity index (χ3n) is 5.95. The van der Waals surface area contributed by atoms with Crippen LogP contribution in [0.25, 0.3) is 0 Å². The van der Waals surface area contributed by atoms with Gasteiger partial charge in [0.25, 0.3) is 0 Å². The first kappa shape index (κ1) is 26.0. The number of esters is 2. The van der Waals surface area contributed by atoms with E-state index < -0.39 is 54.0 Å². The van der Waals surface area contributed by atoms with E-state index in [0.717, 1.165) is 0 Å². The van der Waals surface area contributed by atoms with Gasteiger partial charge in [-0.1, -0.05) is 43.0 Å². The molecule has 4 rings (SSSR count). The Hall–Kier alpha value is -3.04. The summed E-state index contributed by atoms with van der Waals surface area (Å²) < 4.78 is 36.0. The fourth-order valence-electron chi connectivity index (χ4n) is 4.34. The number of hydrogen-bond acceptors (Lipinski definition) is 8. The summed E-state index contributed by atoms with van der Waals surface area (Å²) in [7, 11) is 0. The van der Waals surface area contributed by atoms with Gasteiger partial charge in [-0.2, -0.15) is 0 Å². The van der Waals surface area contributed by atoms with Gasteiger partial charge in [-0.05, 0) is 58.0 Å². The summed E-state index contributed by atoms with van der Waals surface area (Å²) >= 11 is 0. The molecule has 192 valence electrons. The molecule has 2 fully saturated rings. The Bertz CT molecular complexity index is 1070. The maximum Gasteiger partial charge on any atom is 0.338 e. The second kappa shape index (κ2) is 10.5. The lowest BCUT2D eigenvalue weighted by atomic mass is 9.98. The Balaban J connectivity index is 1.62. The number of rotatable bonds is 8. The highest BCUT2D eigenvalue weighted by Gasteiger charge is 2.54. The van der Waals surface area contributed by atoms with Gasteiger partial charge in [0.05, 0.1) is 17.7 Å². The number of benzene rings is 2. The highest BCUT2D eigenvalue weighted by Crippen LogP contribution is 2.38. The van der Waals surface area contributed by atoms with E-state index in [4.69, 9.17) is 28.4 Å². The molecule has 0 saturated carbocycles. The molecule has 0 aliphatic carbocycles. The van der Waals surface area contributed by atoms with Gasteiger partial charge in [0.15, 0.2) is 17.7 Å². The lowest BCUT2D eigenvalue weighted by Crippen LogP contribution is -2.51. The van der Waals surface area contributed by atoms with E-state index in [9.17, 15) is 9.59 Å². The summed E-state index contributed by atoms with van der Waals surface area (Å²) in [4.78, 5) is 25.9. The van der Waals surface area contributed by atoms with Crippen molar-refractivity contribution in [3.05, 3.63) is 84.4 Å². The second-order valence-corrected chi connectivity index (χ2v) is 9.64. The first-order valence-electron chi connectivity index (χ1n) is 11.9. The first-order valence-corrected chi connectivity index (χ1v) is 11.9. The smallest absolute Gasteiger partial charge is 0.338 e. The van der Waals surface area contributed by atoms with Crippen molar-refractivity contribution >= 4 is 11.9 Å². The topological polar surface area (TPSA) is 89.5 Å². The molecule has 2 aromatic rings. The van der Waals surface area contributed by atoms with Crippen LogP contribution in [-0.4, -0.2) is 60.6 Å². The van der Waals surface area contributed by atoms with Gasteiger partial charge in [-0.15, -0.1) is 0 Å². The highest BCUT2D eigenvalue weighted by molar-refractivity contribution is 5.90. The van der Waals surface area contributed by atoms with Gasteiger partial charge in [0.2, 0.25) is 0 Å². The molecule has 2 heterocycles. The van der Waals surface area contributed by atoms with Crippen LogP contribution in [0.15, 0.2) is 73.3 Å². The van der Waals surface area contributed by atoms with Crippen LogP contribution < -0.4 is 0 Å². The fraction of sp³-hybridized carbons (Fsp3) is 0.429. The predicted molar refractivity (Wildman–Crippen MR) is 130 cm³/mol. The predicted octanol–water partition coefficient (Wildman–Crippen LogP) is 4.30. The van der Waals surface area contributed by atoms with E-state index in [1.165, 1.54) is 6.08 Å². The Morgan fingerprint density at radius 1 is 0.833 bits per heavy atom. The zero-order chi connectivity index (χ0) is 25.9.